The minimum absolute atomic E-state index is 0.0590. The van der Waals surface area contributed by atoms with Gasteiger partial charge in [0.15, 0.2) is 0 Å². The molecule has 0 bridgehead atoms. The molecule has 1 heterocycles. The van der Waals surface area contributed by atoms with Gasteiger partial charge in [-0.05, 0) is 50.1 Å². The molecule has 1 aliphatic rings. The molecule has 152 valence electrons. The highest BCUT2D eigenvalue weighted by Crippen LogP contribution is 2.23. The highest BCUT2D eigenvalue weighted by atomic mass is 32.2. The summed E-state index contributed by atoms with van der Waals surface area (Å²) in [4.78, 5) is 12.8. The first-order valence-electron chi connectivity index (χ1n) is 9.01. The van der Waals surface area contributed by atoms with Gasteiger partial charge in [0.1, 0.15) is 5.75 Å². The Bertz CT molecular complexity index is 1100. The van der Waals surface area contributed by atoms with Crippen molar-refractivity contribution in [1.82, 2.24) is 4.31 Å². The average molecular weight is 413 g/mol. The Balaban J connectivity index is 1.86. The fraction of sp³-hybridized carbons (Fsp3) is 0.238. The number of hydrogen-bond acceptors (Lipinski definition) is 4. The maximum atomic E-state index is 12.8. The third kappa shape index (κ3) is 4.65. The summed E-state index contributed by atoms with van der Waals surface area (Å²) in [5.41, 5.74) is 3.78. The predicted molar refractivity (Wildman–Crippen MR) is 113 cm³/mol. The lowest BCUT2D eigenvalue weighted by atomic mass is 10.1. The van der Waals surface area contributed by atoms with Crippen molar-refractivity contribution in [3.05, 3.63) is 70.9 Å². The third-order valence-corrected chi connectivity index (χ3v) is 5.92. The van der Waals surface area contributed by atoms with Crippen LogP contribution in [-0.4, -0.2) is 31.5 Å². The van der Waals surface area contributed by atoms with Gasteiger partial charge >= 0.3 is 10.2 Å². The summed E-state index contributed by atoms with van der Waals surface area (Å²) < 4.78 is 34.9. The Kier molecular flexibility index (Phi) is 5.74. The van der Waals surface area contributed by atoms with Crippen molar-refractivity contribution in [2.75, 3.05) is 12.4 Å². The van der Waals surface area contributed by atoms with Crippen LogP contribution in [0.1, 0.15) is 23.6 Å². The SMILES string of the molecule is COc1ccc(CN2C=C(C(=O)Nc3ccc(C)cc3C)C(C)=NS2(=O)=O)cc1. The van der Waals surface area contributed by atoms with Crippen molar-refractivity contribution in [1.29, 1.82) is 0 Å². The van der Waals surface area contributed by atoms with Crippen molar-refractivity contribution in [3.8, 4) is 5.75 Å². The van der Waals surface area contributed by atoms with Gasteiger partial charge in [-0.15, -0.1) is 4.40 Å². The van der Waals surface area contributed by atoms with Crippen LogP contribution in [-0.2, 0) is 21.5 Å². The average Bonchev–Trinajstić information content (AvgIpc) is 2.66. The molecule has 0 radical (unpaired) electrons. The van der Waals surface area contributed by atoms with Crippen LogP contribution in [0.4, 0.5) is 5.69 Å². The van der Waals surface area contributed by atoms with Gasteiger partial charge in [-0.3, -0.25) is 9.10 Å². The number of nitrogens with one attached hydrogen (secondary N) is 1. The summed E-state index contributed by atoms with van der Waals surface area (Å²) in [5, 5.41) is 2.84. The van der Waals surface area contributed by atoms with E-state index in [9.17, 15) is 13.2 Å². The second-order valence-electron chi connectivity index (χ2n) is 6.86. The summed E-state index contributed by atoms with van der Waals surface area (Å²) in [6.07, 6.45) is 1.33. The van der Waals surface area contributed by atoms with Gasteiger partial charge in [-0.2, -0.15) is 8.42 Å². The summed E-state index contributed by atoms with van der Waals surface area (Å²) in [6.45, 7) is 5.44. The zero-order valence-electron chi connectivity index (χ0n) is 16.8. The summed E-state index contributed by atoms with van der Waals surface area (Å²) >= 11 is 0. The molecule has 0 saturated heterocycles. The Hall–Kier alpha value is -3.13. The van der Waals surface area contributed by atoms with E-state index in [4.69, 9.17) is 4.74 Å². The predicted octanol–water partition coefficient (Wildman–Crippen LogP) is 3.36. The standard InChI is InChI=1S/C21H23N3O4S/c1-14-5-10-20(15(2)11-14)22-21(25)19-13-24(29(26,27)23-16(19)3)12-17-6-8-18(28-4)9-7-17/h5-11,13H,12H2,1-4H3,(H,22,25). The number of ether oxygens (including phenoxy) is 1. The minimum Gasteiger partial charge on any atom is -0.497 e. The highest BCUT2D eigenvalue weighted by molar-refractivity contribution is 7.88. The molecule has 0 spiro atoms. The van der Waals surface area contributed by atoms with E-state index in [1.807, 2.05) is 32.0 Å². The number of carbonyl (C=O) groups is 1. The van der Waals surface area contributed by atoms with E-state index in [2.05, 4.69) is 9.71 Å². The Morgan fingerprint density at radius 1 is 1.10 bits per heavy atom. The van der Waals surface area contributed by atoms with Gasteiger partial charge in [0.25, 0.3) is 5.91 Å². The second kappa shape index (κ2) is 8.08. The molecule has 0 atom stereocenters. The molecule has 8 heteroatoms. The van der Waals surface area contributed by atoms with E-state index in [-0.39, 0.29) is 17.8 Å². The van der Waals surface area contributed by atoms with Gasteiger partial charge in [0.05, 0.1) is 24.9 Å². The number of rotatable bonds is 5. The molecule has 0 aromatic heterocycles. The van der Waals surface area contributed by atoms with Crippen molar-refractivity contribution in [2.45, 2.75) is 27.3 Å². The molecule has 1 N–H and O–H groups in total. The molecule has 3 rings (SSSR count). The third-order valence-electron chi connectivity index (χ3n) is 4.58. The summed E-state index contributed by atoms with van der Waals surface area (Å²) in [6, 6.07) is 12.7. The number of hydrogen-bond donors (Lipinski definition) is 1. The van der Waals surface area contributed by atoms with Crippen LogP contribution < -0.4 is 10.1 Å². The number of anilines is 1. The van der Waals surface area contributed by atoms with E-state index in [0.717, 1.165) is 21.0 Å². The van der Waals surface area contributed by atoms with Crippen molar-refractivity contribution >= 4 is 27.5 Å². The molecule has 0 aliphatic carbocycles. The number of aryl methyl sites for hydroxylation is 2. The molecular weight excluding hydrogens is 390 g/mol. The molecule has 0 unspecified atom stereocenters. The van der Waals surface area contributed by atoms with Gasteiger partial charge in [-0.25, -0.2) is 0 Å². The topological polar surface area (TPSA) is 88.1 Å². The lowest BCUT2D eigenvalue weighted by molar-refractivity contribution is -0.112. The van der Waals surface area contributed by atoms with Crippen LogP contribution >= 0.6 is 0 Å². The van der Waals surface area contributed by atoms with Crippen LogP contribution in [0.2, 0.25) is 0 Å². The van der Waals surface area contributed by atoms with Crippen molar-refractivity contribution in [2.24, 2.45) is 4.40 Å². The molecular formula is C21H23N3O4S. The highest BCUT2D eigenvalue weighted by Gasteiger charge is 2.28. The minimum atomic E-state index is -3.91. The number of carbonyl (C=O) groups excluding carboxylic acids is 1. The first-order valence-corrected chi connectivity index (χ1v) is 10.4. The monoisotopic (exact) mass is 413 g/mol. The largest absolute Gasteiger partial charge is 0.497 e. The molecule has 2 aromatic rings. The number of methoxy groups -OCH3 is 1. The maximum absolute atomic E-state index is 12.8. The van der Waals surface area contributed by atoms with Gasteiger partial charge < -0.3 is 10.1 Å². The second-order valence-corrected chi connectivity index (χ2v) is 8.41. The molecule has 7 nitrogen and oxygen atoms in total. The lowest BCUT2D eigenvalue weighted by Crippen LogP contribution is -2.32. The van der Waals surface area contributed by atoms with E-state index >= 15 is 0 Å². The van der Waals surface area contributed by atoms with Crippen LogP contribution in [0, 0.1) is 13.8 Å². The van der Waals surface area contributed by atoms with Crippen LogP contribution in [0.5, 0.6) is 5.75 Å². The van der Waals surface area contributed by atoms with Crippen LogP contribution in [0.25, 0.3) is 0 Å². The summed E-state index contributed by atoms with van der Waals surface area (Å²) in [5.74, 6) is 0.265. The summed E-state index contributed by atoms with van der Waals surface area (Å²) in [7, 11) is -2.35. The van der Waals surface area contributed by atoms with Crippen LogP contribution in [0.3, 0.4) is 0 Å². The number of benzene rings is 2. The first-order chi connectivity index (χ1) is 13.7. The van der Waals surface area contributed by atoms with Crippen LogP contribution in [0.15, 0.2) is 58.6 Å². The Labute approximate surface area is 170 Å². The van der Waals surface area contributed by atoms with Gasteiger partial charge in [-0.1, -0.05) is 29.8 Å². The maximum Gasteiger partial charge on any atom is 0.344 e. The van der Waals surface area contributed by atoms with E-state index < -0.39 is 16.1 Å². The van der Waals surface area contributed by atoms with E-state index in [1.165, 1.54) is 13.1 Å². The lowest BCUT2D eigenvalue weighted by Gasteiger charge is -2.24. The van der Waals surface area contributed by atoms with Gasteiger partial charge in [0, 0.05) is 11.9 Å². The van der Waals surface area contributed by atoms with E-state index in [1.54, 1.807) is 31.4 Å². The fourth-order valence-corrected chi connectivity index (χ4v) is 4.08. The normalized spacial score (nSPS) is 15.4. The first kappa shape index (κ1) is 20.6. The molecule has 29 heavy (non-hydrogen) atoms. The zero-order chi connectivity index (χ0) is 21.2. The van der Waals surface area contributed by atoms with Gasteiger partial charge in [0.2, 0.25) is 0 Å². The van der Waals surface area contributed by atoms with Crippen molar-refractivity contribution < 1.29 is 17.9 Å². The Morgan fingerprint density at radius 2 is 1.79 bits per heavy atom. The van der Waals surface area contributed by atoms with Crippen molar-refractivity contribution in [3.63, 3.8) is 0 Å². The number of amides is 1. The molecule has 1 aliphatic heterocycles. The molecule has 1 amide bonds. The number of nitrogens with zero attached hydrogens (tertiary/aromatic N) is 2. The fourth-order valence-electron chi connectivity index (χ4n) is 2.98. The Morgan fingerprint density at radius 3 is 2.41 bits per heavy atom. The van der Waals surface area contributed by atoms with E-state index in [0.29, 0.717) is 11.4 Å². The molecule has 0 fully saturated rings. The zero-order valence-corrected chi connectivity index (χ0v) is 17.6. The smallest absolute Gasteiger partial charge is 0.344 e. The quantitative estimate of drug-likeness (QED) is 0.814. The molecule has 2 aromatic carbocycles. The molecule has 0 saturated carbocycles.